The molecule has 1 aromatic heterocycles. The van der Waals surface area contributed by atoms with Crippen LogP contribution in [0.15, 0.2) is 29.1 Å². The van der Waals surface area contributed by atoms with Crippen molar-refractivity contribution in [2.45, 2.75) is 19.9 Å². The number of benzene rings is 1. The predicted molar refractivity (Wildman–Crippen MR) is 81.6 cm³/mol. The molecule has 1 amide bonds. The Kier molecular flexibility index (Phi) is 3.66. The summed E-state index contributed by atoms with van der Waals surface area (Å²) in [5.74, 6) is 1.27. The summed E-state index contributed by atoms with van der Waals surface area (Å²) in [6, 6.07) is 7.36. The molecule has 6 nitrogen and oxygen atoms in total. The smallest absolute Gasteiger partial charge is 0.256 e. The number of fused-ring (bicyclic) bond motifs is 1. The van der Waals surface area contributed by atoms with E-state index in [1.165, 1.54) is 6.92 Å². The molecule has 0 radical (unpaired) electrons. The van der Waals surface area contributed by atoms with Crippen molar-refractivity contribution in [1.29, 1.82) is 0 Å². The summed E-state index contributed by atoms with van der Waals surface area (Å²) in [5, 5.41) is 0. The number of nitrogens with one attached hydrogen (secondary N) is 1. The highest BCUT2D eigenvalue weighted by Crippen LogP contribution is 2.21. The molecule has 6 heteroatoms. The number of methoxy groups -OCH3 is 1. The molecule has 1 aliphatic heterocycles. The molecule has 0 atom stereocenters. The SMILES string of the molecule is COc1ccc(-c2nc3c(c(=O)[nH]2)CN(C(C)=O)CC3)cc1. The van der Waals surface area contributed by atoms with Crippen LogP contribution in [-0.2, 0) is 17.8 Å². The lowest BCUT2D eigenvalue weighted by Crippen LogP contribution is -2.38. The van der Waals surface area contributed by atoms with Crippen LogP contribution in [0.1, 0.15) is 18.2 Å². The molecule has 2 aromatic rings. The van der Waals surface area contributed by atoms with Gasteiger partial charge in [0.25, 0.3) is 5.56 Å². The second-order valence-corrected chi connectivity index (χ2v) is 5.26. The molecule has 22 heavy (non-hydrogen) atoms. The number of H-pyrrole nitrogens is 1. The van der Waals surface area contributed by atoms with Crippen molar-refractivity contribution < 1.29 is 9.53 Å². The molecule has 0 bridgehead atoms. The highest BCUT2D eigenvalue weighted by molar-refractivity contribution is 5.73. The summed E-state index contributed by atoms with van der Waals surface area (Å²) in [6.45, 7) is 2.44. The molecule has 0 fully saturated rings. The monoisotopic (exact) mass is 299 g/mol. The van der Waals surface area contributed by atoms with Gasteiger partial charge in [0, 0.05) is 25.5 Å². The Balaban J connectivity index is 1.97. The van der Waals surface area contributed by atoms with Crippen molar-refractivity contribution in [2.24, 2.45) is 0 Å². The van der Waals surface area contributed by atoms with Crippen LogP contribution in [0, 0.1) is 0 Å². The molecule has 0 saturated heterocycles. The average molecular weight is 299 g/mol. The van der Waals surface area contributed by atoms with Gasteiger partial charge < -0.3 is 14.6 Å². The molecule has 0 aliphatic carbocycles. The maximum atomic E-state index is 12.3. The Morgan fingerprint density at radius 1 is 1.32 bits per heavy atom. The fourth-order valence-electron chi connectivity index (χ4n) is 2.58. The number of hydrogen-bond donors (Lipinski definition) is 1. The van der Waals surface area contributed by atoms with E-state index in [-0.39, 0.29) is 11.5 Å². The molecule has 0 unspecified atom stereocenters. The lowest BCUT2D eigenvalue weighted by molar-refractivity contribution is -0.129. The molecule has 3 rings (SSSR count). The Bertz CT molecular complexity index is 765. The third-order valence-corrected chi connectivity index (χ3v) is 3.88. The zero-order valence-electron chi connectivity index (χ0n) is 12.5. The van der Waals surface area contributed by atoms with Crippen molar-refractivity contribution in [1.82, 2.24) is 14.9 Å². The van der Waals surface area contributed by atoms with Gasteiger partial charge in [-0.1, -0.05) is 0 Å². The number of ether oxygens (including phenoxy) is 1. The molecule has 0 spiro atoms. The van der Waals surface area contributed by atoms with Gasteiger partial charge in [0.05, 0.1) is 24.9 Å². The second kappa shape index (κ2) is 5.63. The van der Waals surface area contributed by atoms with E-state index in [9.17, 15) is 9.59 Å². The first-order valence-electron chi connectivity index (χ1n) is 7.10. The van der Waals surface area contributed by atoms with Crippen molar-refractivity contribution >= 4 is 5.91 Å². The van der Waals surface area contributed by atoms with Crippen molar-refractivity contribution in [3.63, 3.8) is 0 Å². The molecule has 114 valence electrons. The van der Waals surface area contributed by atoms with Crippen LogP contribution in [0.2, 0.25) is 0 Å². The highest BCUT2D eigenvalue weighted by Gasteiger charge is 2.22. The van der Waals surface area contributed by atoms with E-state index >= 15 is 0 Å². The number of amides is 1. The fraction of sp³-hybridized carbons (Fsp3) is 0.312. The molecule has 1 aliphatic rings. The van der Waals surface area contributed by atoms with E-state index in [0.717, 1.165) is 17.0 Å². The van der Waals surface area contributed by atoms with E-state index in [2.05, 4.69) is 9.97 Å². The van der Waals surface area contributed by atoms with Gasteiger partial charge in [-0.05, 0) is 24.3 Å². The minimum absolute atomic E-state index is 0.0238. The van der Waals surface area contributed by atoms with Gasteiger partial charge in [0.1, 0.15) is 11.6 Å². The summed E-state index contributed by atoms with van der Waals surface area (Å²) in [4.78, 5) is 32.8. The molecule has 1 N–H and O–H groups in total. The number of nitrogens with zero attached hydrogens (tertiary/aromatic N) is 2. The maximum Gasteiger partial charge on any atom is 0.256 e. The van der Waals surface area contributed by atoms with Crippen LogP contribution in [0.25, 0.3) is 11.4 Å². The Morgan fingerprint density at radius 3 is 2.68 bits per heavy atom. The molecular formula is C16H17N3O3. The van der Waals surface area contributed by atoms with Crippen molar-refractivity contribution in [3.05, 3.63) is 45.9 Å². The number of aromatic nitrogens is 2. The number of rotatable bonds is 2. The van der Waals surface area contributed by atoms with Crippen LogP contribution in [-0.4, -0.2) is 34.4 Å². The fourth-order valence-corrected chi connectivity index (χ4v) is 2.58. The first kappa shape index (κ1) is 14.3. The number of carbonyl (C=O) groups excluding carboxylic acids is 1. The number of aromatic amines is 1. The van der Waals surface area contributed by atoms with Crippen LogP contribution in [0.4, 0.5) is 0 Å². The normalized spacial score (nSPS) is 13.6. The summed E-state index contributed by atoms with van der Waals surface area (Å²) < 4.78 is 5.12. The lowest BCUT2D eigenvalue weighted by atomic mass is 10.1. The molecular weight excluding hydrogens is 282 g/mol. The summed E-state index contributed by atoms with van der Waals surface area (Å²) in [7, 11) is 1.61. The van der Waals surface area contributed by atoms with E-state index in [0.29, 0.717) is 30.9 Å². The van der Waals surface area contributed by atoms with Crippen molar-refractivity contribution in [2.75, 3.05) is 13.7 Å². The predicted octanol–water partition coefficient (Wildman–Crippen LogP) is 1.35. The van der Waals surface area contributed by atoms with Crippen LogP contribution < -0.4 is 10.3 Å². The standard InChI is InChI=1S/C16H17N3O3/c1-10(20)19-8-7-14-13(9-19)16(21)18-15(17-14)11-3-5-12(22-2)6-4-11/h3-6H,7-9H2,1-2H3,(H,17,18,21). The molecule has 1 aromatic carbocycles. The van der Waals surface area contributed by atoms with E-state index in [4.69, 9.17) is 4.74 Å². The average Bonchev–Trinajstić information content (AvgIpc) is 2.54. The third kappa shape index (κ3) is 2.59. The zero-order chi connectivity index (χ0) is 15.7. The van der Waals surface area contributed by atoms with Gasteiger partial charge in [-0.2, -0.15) is 0 Å². The van der Waals surface area contributed by atoms with Gasteiger partial charge in [-0.3, -0.25) is 9.59 Å². The third-order valence-electron chi connectivity index (χ3n) is 3.88. The van der Waals surface area contributed by atoms with Gasteiger partial charge in [0.15, 0.2) is 0 Å². The lowest BCUT2D eigenvalue weighted by Gasteiger charge is -2.26. The summed E-state index contributed by atoms with van der Waals surface area (Å²) in [5.41, 5.74) is 2.00. The van der Waals surface area contributed by atoms with Gasteiger partial charge in [0.2, 0.25) is 5.91 Å². The summed E-state index contributed by atoms with van der Waals surface area (Å²) in [6.07, 6.45) is 0.599. The van der Waals surface area contributed by atoms with Crippen LogP contribution in [0.3, 0.4) is 0 Å². The van der Waals surface area contributed by atoms with E-state index in [1.807, 2.05) is 24.3 Å². The highest BCUT2D eigenvalue weighted by atomic mass is 16.5. The molecule has 2 heterocycles. The van der Waals surface area contributed by atoms with Crippen LogP contribution >= 0.6 is 0 Å². The first-order chi connectivity index (χ1) is 10.6. The minimum atomic E-state index is -0.179. The minimum Gasteiger partial charge on any atom is -0.497 e. The number of carbonyl (C=O) groups is 1. The topological polar surface area (TPSA) is 75.3 Å². The Hall–Kier alpha value is -2.63. The quantitative estimate of drug-likeness (QED) is 0.908. The Labute approximate surface area is 127 Å². The largest absolute Gasteiger partial charge is 0.497 e. The van der Waals surface area contributed by atoms with Crippen molar-refractivity contribution in [3.8, 4) is 17.1 Å². The summed E-state index contributed by atoms with van der Waals surface area (Å²) >= 11 is 0. The van der Waals surface area contributed by atoms with E-state index in [1.54, 1.807) is 12.0 Å². The van der Waals surface area contributed by atoms with Gasteiger partial charge in [-0.15, -0.1) is 0 Å². The second-order valence-electron chi connectivity index (χ2n) is 5.26. The number of hydrogen-bond acceptors (Lipinski definition) is 4. The Morgan fingerprint density at radius 2 is 2.05 bits per heavy atom. The van der Waals surface area contributed by atoms with Crippen LogP contribution in [0.5, 0.6) is 5.75 Å². The van der Waals surface area contributed by atoms with E-state index < -0.39 is 0 Å². The zero-order valence-corrected chi connectivity index (χ0v) is 12.5. The van der Waals surface area contributed by atoms with Gasteiger partial charge >= 0.3 is 0 Å². The first-order valence-corrected chi connectivity index (χ1v) is 7.10. The molecule has 0 saturated carbocycles. The maximum absolute atomic E-state index is 12.3. The van der Waals surface area contributed by atoms with Gasteiger partial charge in [-0.25, -0.2) is 4.98 Å².